The lowest BCUT2D eigenvalue weighted by molar-refractivity contribution is -0.253. The van der Waals surface area contributed by atoms with E-state index in [9.17, 15) is 31.9 Å². The van der Waals surface area contributed by atoms with Crippen LogP contribution in [-0.2, 0) is 16.1 Å². The summed E-state index contributed by atoms with van der Waals surface area (Å²) in [5.74, 6) is -12.7. The third kappa shape index (κ3) is 6.86. The standard InChI is InChI=1S/C33H33F5N2O4/c1-2-14-40(23-8-3-4-9-23)17-24-16-25(20-12-10-19(18-41)11-13-20)44-33(43-24)21-6-5-7-22(15-21)39-32(42)26-27(34)29(36)31(38)30(37)28(26)35/h2,5-7,10-13,15,23-25,33,41H,1,3-4,8-9,14,16-18H2,(H,39,42)/t24-,25+,33+/m0/s1. The van der Waals surface area contributed by atoms with Crippen molar-refractivity contribution in [3.8, 4) is 0 Å². The molecule has 2 fully saturated rings. The Morgan fingerprint density at radius 3 is 2.23 bits per heavy atom. The molecule has 44 heavy (non-hydrogen) atoms. The number of hydrogen-bond donors (Lipinski definition) is 2. The predicted octanol–water partition coefficient (Wildman–Crippen LogP) is 7.10. The molecule has 1 saturated heterocycles. The van der Waals surface area contributed by atoms with Crippen molar-refractivity contribution in [3.05, 3.63) is 113 Å². The minimum Gasteiger partial charge on any atom is -0.392 e. The van der Waals surface area contributed by atoms with E-state index in [1.807, 2.05) is 30.3 Å². The summed E-state index contributed by atoms with van der Waals surface area (Å²) in [5, 5.41) is 11.7. The second kappa shape index (κ2) is 14.0. The molecule has 1 aliphatic heterocycles. The molecule has 1 saturated carbocycles. The van der Waals surface area contributed by atoms with Crippen molar-refractivity contribution >= 4 is 11.6 Å². The summed E-state index contributed by atoms with van der Waals surface area (Å²) in [6.07, 6.45) is 5.39. The Hall–Kier alpha value is -3.64. The van der Waals surface area contributed by atoms with Gasteiger partial charge in [-0.2, -0.15) is 0 Å². The SMILES string of the molecule is C=CCN(C[C@@H]1C[C@H](c2ccc(CO)cc2)O[C@H](c2cccc(NC(=O)c3c(F)c(F)c(F)c(F)c3F)c2)O1)C1CCCC1. The zero-order chi connectivity index (χ0) is 31.4. The monoisotopic (exact) mass is 616 g/mol. The van der Waals surface area contributed by atoms with Crippen molar-refractivity contribution in [1.82, 2.24) is 4.90 Å². The molecule has 0 spiro atoms. The van der Waals surface area contributed by atoms with Crippen LogP contribution in [-0.4, -0.2) is 41.1 Å². The fraction of sp³-hybridized carbons (Fsp3) is 0.364. The highest BCUT2D eigenvalue weighted by atomic mass is 19.2. The fourth-order valence-corrected chi connectivity index (χ4v) is 5.86. The minimum absolute atomic E-state index is 0.0360. The number of ether oxygens (including phenoxy) is 2. The van der Waals surface area contributed by atoms with Gasteiger partial charge in [-0.3, -0.25) is 9.69 Å². The van der Waals surface area contributed by atoms with Crippen LogP contribution in [0.4, 0.5) is 27.6 Å². The van der Waals surface area contributed by atoms with Crippen LogP contribution in [0, 0.1) is 29.1 Å². The van der Waals surface area contributed by atoms with E-state index in [0.717, 1.165) is 24.0 Å². The maximum Gasteiger partial charge on any atom is 0.261 e. The van der Waals surface area contributed by atoms with Crippen LogP contribution in [0.5, 0.6) is 0 Å². The molecule has 0 radical (unpaired) electrons. The van der Waals surface area contributed by atoms with Crippen LogP contribution in [0.25, 0.3) is 0 Å². The molecule has 1 aliphatic carbocycles. The number of carbonyl (C=O) groups is 1. The number of carbonyl (C=O) groups excluding carboxylic acids is 1. The van der Waals surface area contributed by atoms with Crippen molar-refractivity contribution in [3.63, 3.8) is 0 Å². The largest absolute Gasteiger partial charge is 0.392 e. The summed E-state index contributed by atoms with van der Waals surface area (Å²) in [6.45, 7) is 5.14. The van der Waals surface area contributed by atoms with Gasteiger partial charge in [-0.15, -0.1) is 6.58 Å². The Morgan fingerprint density at radius 1 is 0.932 bits per heavy atom. The molecule has 2 aliphatic rings. The lowest BCUT2D eigenvalue weighted by Crippen LogP contribution is -2.43. The first-order chi connectivity index (χ1) is 21.2. The van der Waals surface area contributed by atoms with Crippen molar-refractivity contribution in [2.45, 2.75) is 63.3 Å². The lowest BCUT2D eigenvalue weighted by atomic mass is 9.99. The van der Waals surface area contributed by atoms with E-state index in [0.29, 0.717) is 31.1 Å². The highest BCUT2D eigenvalue weighted by Gasteiger charge is 2.35. The molecule has 11 heteroatoms. The number of benzene rings is 3. The molecule has 2 N–H and O–H groups in total. The first-order valence-corrected chi connectivity index (χ1v) is 14.5. The first-order valence-electron chi connectivity index (χ1n) is 14.5. The number of anilines is 1. The van der Waals surface area contributed by atoms with E-state index in [4.69, 9.17) is 9.47 Å². The molecule has 6 nitrogen and oxygen atoms in total. The van der Waals surface area contributed by atoms with Gasteiger partial charge in [0.2, 0.25) is 5.82 Å². The van der Waals surface area contributed by atoms with E-state index in [1.54, 1.807) is 12.1 Å². The van der Waals surface area contributed by atoms with Gasteiger partial charge in [-0.25, -0.2) is 22.0 Å². The third-order valence-corrected chi connectivity index (χ3v) is 8.11. The second-order valence-electron chi connectivity index (χ2n) is 11.1. The molecule has 0 bridgehead atoms. The maximum atomic E-state index is 14.2. The molecule has 5 rings (SSSR count). The van der Waals surface area contributed by atoms with Gasteiger partial charge in [0.25, 0.3) is 5.91 Å². The number of nitrogens with one attached hydrogen (secondary N) is 1. The molecular formula is C33H33F5N2O4. The number of hydrogen-bond acceptors (Lipinski definition) is 5. The number of rotatable bonds is 10. The molecule has 3 aromatic rings. The van der Waals surface area contributed by atoms with Crippen LogP contribution in [0.2, 0.25) is 0 Å². The topological polar surface area (TPSA) is 71.0 Å². The smallest absolute Gasteiger partial charge is 0.261 e. The van der Waals surface area contributed by atoms with Gasteiger partial charge >= 0.3 is 0 Å². The highest BCUT2D eigenvalue weighted by Crippen LogP contribution is 2.39. The summed E-state index contributed by atoms with van der Waals surface area (Å²) >= 11 is 0. The summed E-state index contributed by atoms with van der Waals surface area (Å²) in [5.41, 5.74) is 0.557. The van der Waals surface area contributed by atoms with Crippen molar-refractivity contribution in [2.75, 3.05) is 18.4 Å². The second-order valence-corrected chi connectivity index (χ2v) is 11.1. The summed E-state index contributed by atoms with van der Waals surface area (Å²) in [4.78, 5) is 15.0. The minimum atomic E-state index is -2.35. The van der Waals surface area contributed by atoms with E-state index in [1.165, 1.54) is 25.0 Å². The van der Waals surface area contributed by atoms with Crippen molar-refractivity contribution in [2.24, 2.45) is 0 Å². The highest BCUT2D eigenvalue weighted by molar-refractivity contribution is 6.04. The van der Waals surface area contributed by atoms with Gasteiger partial charge in [0.15, 0.2) is 29.6 Å². The molecule has 0 aromatic heterocycles. The van der Waals surface area contributed by atoms with Crippen molar-refractivity contribution in [1.29, 1.82) is 0 Å². The zero-order valence-corrected chi connectivity index (χ0v) is 23.9. The van der Waals surface area contributed by atoms with Gasteiger partial charge in [0.1, 0.15) is 5.56 Å². The van der Waals surface area contributed by atoms with E-state index >= 15 is 0 Å². The molecule has 234 valence electrons. The maximum absolute atomic E-state index is 14.2. The van der Waals surface area contributed by atoms with Gasteiger partial charge in [0, 0.05) is 36.8 Å². The number of halogens is 5. The van der Waals surface area contributed by atoms with Crippen molar-refractivity contribution < 1.29 is 41.3 Å². The van der Waals surface area contributed by atoms with Crippen LogP contribution in [0.15, 0.2) is 61.2 Å². The molecule has 0 unspecified atom stereocenters. The quantitative estimate of drug-likeness (QED) is 0.110. The summed E-state index contributed by atoms with van der Waals surface area (Å²) in [6, 6.07) is 13.9. The summed E-state index contributed by atoms with van der Waals surface area (Å²) in [7, 11) is 0. The zero-order valence-electron chi connectivity index (χ0n) is 23.9. The van der Waals surface area contributed by atoms with Gasteiger partial charge in [0.05, 0.1) is 18.8 Å². The molecule has 3 aromatic carbocycles. The average molecular weight is 617 g/mol. The Bertz CT molecular complexity index is 1470. The number of amides is 1. The molecule has 1 amide bonds. The summed E-state index contributed by atoms with van der Waals surface area (Å²) < 4.78 is 82.2. The van der Waals surface area contributed by atoms with E-state index < -0.39 is 46.8 Å². The van der Waals surface area contributed by atoms with Crippen LogP contribution < -0.4 is 5.32 Å². The van der Waals surface area contributed by atoms with Gasteiger partial charge in [-0.1, -0.05) is 55.3 Å². The fourth-order valence-electron chi connectivity index (χ4n) is 5.86. The average Bonchev–Trinajstić information content (AvgIpc) is 3.58. The van der Waals surface area contributed by atoms with E-state index in [2.05, 4.69) is 16.8 Å². The van der Waals surface area contributed by atoms with Gasteiger partial charge in [-0.05, 0) is 36.1 Å². The third-order valence-electron chi connectivity index (χ3n) is 8.11. The predicted molar refractivity (Wildman–Crippen MR) is 153 cm³/mol. The Labute approximate surface area is 252 Å². The molecular weight excluding hydrogens is 583 g/mol. The molecule has 1 heterocycles. The van der Waals surface area contributed by atoms with E-state index in [-0.39, 0.29) is 24.5 Å². The lowest BCUT2D eigenvalue weighted by Gasteiger charge is -2.39. The normalized spacial score (nSPS) is 20.7. The van der Waals surface area contributed by atoms with Crippen LogP contribution in [0.1, 0.15) is 71.5 Å². The van der Waals surface area contributed by atoms with Crippen LogP contribution >= 0.6 is 0 Å². The first kappa shape index (κ1) is 31.8. The Morgan fingerprint density at radius 2 is 1.59 bits per heavy atom. The Balaban J connectivity index is 1.40. The Kier molecular flexibility index (Phi) is 10.1. The van der Waals surface area contributed by atoms with Crippen LogP contribution in [0.3, 0.4) is 0 Å². The molecule has 3 atom stereocenters. The number of nitrogens with zero attached hydrogens (tertiary/aromatic N) is 1. The number of aliphatic hydroxyl groups excluding tert-OH is 1. The number of aliphatic hydroxyl groups is 1. The van der Waals surface area contributed by atoms with Gasteiger partial charge < -0.3 is 19.9 Å².